The SMILES string of the molecule is COc1ccc(CC2(C)CC3(N=C(N)N(C)C3=O)c3cc(-c4cccc(C#N)c4)ccc3O2)cc1F. The van der Waals surface area contributed by atoms with Crippen LogP contribution in [-0.4, -0.2) is 36.5 Å². The summed E-state index contributed by atoms with van der Waals surface area (Å²) >= 11 is 0. The number of likely N-dealkylation sites (N-methyl/N-ethyl adjacent to an activating group) is 1. The molecule has 0 bridgehead atoms. The molecule has 0 saturated heterocycles. The van der Waals surface area contributed by atoms with Gasteiger partial charge in [-0.25, -0.2) is 9.38 Å². The molecule has 2 aliphatic rings. The number of rotatable bonds is 4. The maximum atomic E-state index is 14.4. The van der Waals surface area contributed by atoms with Crippen LogP contribution in [0.2, 0.25) is 0 Å². The van der Waals surface area contributed by atoms with E-state index in [1.165, 1.54) is 18.1 Å². The second kappa shape index (κ2) is 8.38. The van der Waals surface area contributed by atoms with Crippen LogP contribution in [0.5, 0.6) is 11.5 Å². The Morgan fingerprint density at radius 2 is 1.97 bits per heavy atom. The molecule has 2 unspecified atom stereocenters. The lowest BCUT2D eigenvalue weighted by Crippen LogP contribution is -2.51. The zero-order chi connectivity index (χ0) is 25.7. The molecular formula is C28H25FN4O3. The Labute approximate surface area is 208 Å². The first-order valence-electron chi connectivity index (χ1n) is 11.5. The Morgan fingerprint density at radius 1 is 1.19 bits per heavy atom. The van der Waals surface area contributed by atoms with Crippen molar-refractivity contribution in [2.75, 3.05) is 14.2 Å². The number of nitriles is 1. The van der Waals surface area contributed by atoms with Gasteiger partial charge in [0.2, 0.25) is 0 Å². The summed E-state index contributed by atoms with van der Waals surface area (Å²) in [6.07, 6.45) is 0.555. The average Bonchev–Trinajstić information content (AvgIpc) is 3.07. The number of hydrogen-bond acceptors (Lipinski definition) is 6. The van der Waals surface area contributed by atoms with Gasteiger partial charge in [-0.15, -0.1) is 0 Å². The first kappa shape index (κ1) is 23.4. The van der Waals surface area contributed by atoms with Gasteiger partial charge in [0.15, 0.2) is 23.1 Å². The molecule has 8 heteroatoms. The second-order valence-electron chi connectivity index (χ2n) is 9.47. The van der Waals surface area contributed by atoms with E-state index in [0.717, 1.165) is 11.1 Å². The number of carbonyl (C=O) groups is 1. The predicted molar refractivity (Wildman–Crippen MR) is 133 cm³/mol. The molecule has 182 valence electrons. The van der Waals surface area contributed by atoms with Crippen molar-refractivity contribution in [3.05, 3.63) is 83.2 Å². The van der Waals surface area contributed by atoms with Crippen LogP contribution >= 0.6 is 0 Å². The van der Waals surface area contributed by atoms with Crippen LogP contribution in [0.3, 0.4) is 0 Å². The molecule has 0 radical (unpaired) electrons. The third kappa shape index (κ3) is 3.73. The summed E-state index contributed by atoms with van der Waals surface area (Å²) in [5.74, 6) is 0.0845. The average molecular weight is 485 g/mol. The van der Waals surface area contributed by atoms with E-state index in [0.29, 0.717) is 28.9 Å². The Morgan fingerprint density at radius 3 is 2.64 bits per heavy atom. The maximum absolute atomic E-state index is 14.4. The Balaban J connectivity index is 1.61. The minimum atomic E-state index is -1.28. The van der Waals surface area contributed by atoms with Gasteiger partial charge in [0, 0.05) is 25.5 Å². The van der Waals surface area contributed by atoms with Gasteiger partial charge in [-0.1, -0.05) is 24.3 Å². The molecule has 0 aromatic heterocycles. The molecule has 0 fully saturated rings. The molecule has 3 aromatic rings. The molecule has 2 heterocycles. The third-order valence-electron chi connectivity index (χ3n) is 6.84. The Hall–Kier alpha value is -4.38. The zero-order valence-corrected chi connectivity index (χ0v) is 20.2. The van der Waals surface area contributed by atoms with Crippen LogP contribution in [0.15, 0.2) is 65.7 Å². The van der Waals surface area contributed by atoms with Crippen molar-refractivity contribution in [2.45, 2.75) is 30.9 Å². The van der Waals surface area contributed by atoms with Crippen molar-refractivity contribution < 1.29 is 18.7 Å². The summed E-state index contributed by atoms with van der Waals surface area (Å²) in [6.45, 7) is 1.89. The second-order valence-corrected chi connectivity index (χ2v) is 9.47. The fraction of sp³-hybridized carbons (Fsp3) is 0.250. The summed E-state index contributed by atoms with van der Waals surface area (Å²) in [4.78, 5) is 19.7. The highest BCUT2D eigenvalue weighted by atomic mass is 19.1. The lowest BCUT2D eigenvalue weighted by Gasteiger charge is -2.43. The van der Waals surface area contributed by atoms with Crippen LogP contribution in [0.4, 0.5) is 4.39 Å². The van der Waals surface area contributed by atoms with Crippen LogP contribution in [0, 0.1) is 17.1 Å². The molecule has 1 spiro atoms. The van der Waals surface area contributed by atoms with Crippen LogP contribution < -0.4 is 15.2 Å². The summed E-state index contributed by atoms with van der Waals surface area (Å²) in [6, 6.07) is 19.8. The number of carbonyl (C=O) groups excluding carboxylic acids is 1. The number of aliphatic imine (C=N–C) groups is 1. The highest BCUT2D eigenvalue weighted by Gasteiger charge is 2.56. The lowest BCUT2D eigenvalue weighted by atomic mass is 9.74. The molecule has 2 aliphatic heterocycles. The number of fused-ring (bicyclic) bond motifs is 2. The van der Waals surface area contributed by atoms with Gasteiger partial charge in [0.25, 0.3) is 5.91 Å². The number of ether oxygens (including phenoxy) is 2. The molecule has 5 rings (SSSR count). The molecular weight excluding hydrogens is 459 g/mol. The first-order chi connectivity index (χ1) is 17.2. The minimum Gasteiger partial charge on any atom is -0.494 e. The maximum Gasteiger partial charge on any atom is 0.261 e. The molecule has 3 aromatic carbocycles. The smallest absolute Gasteiger partial charge is 0.261 e. The van der Waals surface area contributed by atoms with E-state index in [1.807, 2.05) is 37.3 Å². The van der Waals surface area contributed by atoms with Crippen molar-refractivity contribution >= 4 is 11.9 Å². The van der Waals surface area contributed by atoms with Crippen molar-refractivity contribution in [3.63, 3.8) is 0 Å². The zero-order valence-electron chi connectivity index (χ0n) is 20.2. The van der Waals surface area contributed by atoms with Gasteiger partial charge >= 0.3 is 0 Å². The highest BCUT2D eigenvalue weighted by molar-refractivity contribution is 6.07. The molecule has 2 atom stereocenters. The van der Waals surface area contributed by atoms with Crippen molar-refractivity contribution in [2.24, 2.45) is 10.7 Å². The Bertz CT molecular complexity index is 1460. The molecule has 7 nitrogen and oxygen atoms in total. The first-order valence-corrected chi connectivity index (χ1v) is 11.5. The molecule has 1 amide bonds. The number of methoxy groups -OCH3 is 1. The third-order valence-corrected chi connectivity index (χ3v) is 6.84. The number of nitrogens with zero attached hydrogens (tertiary/aromatic N) is 3. The number of halogens is 1. The molecule has 2 N–H and O–H groups in total. The predicted octanol–water partition coefficient (Wildman–Crippen LogP) is 4.14. The summed E-state index contributed by atoms with van der Waals surface area (Å²) < 4.78 is 25.9. The van der Waals surface area contributed by atoms with Crippen molar-refractivity contribution in [3.8, 4) is 28.7 Å². The molecule has 0 saturated carbocycles. The van der Waals surface area contributed by atoms with Crippen molar-refractivity contribution in [1.29, 1.82) is 5.26 Å². The van der Waals surface area contributed by atoms with E-state index in [1.54, 1.807) is 31.3 Å². The lowest BCUT2D eigenvalue weighted by molar-refractivity contribution is -0.133. The van der Waals surface area contributed by atoms with Gasteiger partial charge < -0.3 is 15.2 Å². The number of amides is 1. The van der Waals surface area contributed by atoms with Crippen LogP contribution in [0.1, 0.15) is 30.0 Å². The standard InChI is InChI=1S/C28H25FN4O3/c1-27(14-17-7-9-24(35-3)22(29)12-17)16-28(25(34)33(2)26(31)32-28)21-13-20(8-10-23(21)36-27)19-6-4-5-18(11-19)15-30/h4-13H,14,16H2,1-3H3,(H2,31,32). The van der Waals surface area contributed by atoms with Crippen LogP contribution in [0.25, 0.3) is 11.1 Å². The van der Waals surface area contributed by atoms with Crippen molar-refractivity contribution in [1.82, 2.24) is 4.90 Å². The number of hydrogen-bond donors (Lipinski definition) is 1. The van der Waals surface area contributed by atoms with E-state index in [-0.39, 0.29) is 24.0 Å². The summed E-state index contributed by atoms with van der Waals surface area (Å²) in [5.41, 5.74) is 7.48. The van der Waals surface area contributed by atoms with E-state index in [4.69, 9.17) is 15.2 Å². The molecule has 0 aliphatic carbocycles. The Kier molecular flexibility index (Phi) is 5.44. The summed E-state index contributed by atoms with van der Waals surface area (Å²) in [5, 5.41) is 9.30. The highest BCUT2D eigenvalue weighted by Crippen LogP contribution is 2.50. The van der Waals surface area contributed by atoms with Gasteiger partial charge in [-0.3, -0.25) is 9.69 Å². The fourth-order valence-electron chi connectivity index (χ4n) is 5.17. The van der Waals surface area contributed by atoms with Gasteiger partial charge in [0.1, 0.15) is 11.4 Å². The van der Waals surface area contributed by atoms with Gasteiger partial charge in [-0.05, 0) is 60.0 Å². The van der Waals surface area contributed by atoms with E-state index < -0.39 is 17.0 Å². The summed E-state index contributed by atoms with van der Waals surface area (Å²) in [7, 11) is 3.02. The largest absolute Gasteiger partial charge is 0.494 e. The van der Waals surface area contributed by atoms with Crippen LogP contribution in [-0.2, 0) is 16.8 Å². The van der Waals surface area contributed by atoms with E-state index in [9.17, 15) is 14.4 Å². The number of guanidine groups is 1. The normalized spacial score (nSPS) is 22.6. The monoisotopic (exact) mass is 484 g/mol. The van der Waals surface area contributed by atoms with E-state index in [2.05, 4.69) is 11.1 Å². The topological polar surface area (TPSA) is 101 Å². The van der Waals surface area contributed by atoms with E-state index >= 15 is 0 Å². The van der Waals surface area contributed by atoms with Gasteiger partial charge in [-0.2, -0.15) is 5.26 Å². The van der Waals surface area contributed by atoms with Gasteiger partial charge in [0.05, 0.1) is 18.7 Å². The molecule has 36 heavy (non-hydrogen) atoms. The minimum absolute atomic E-state index is 0.127. The fourth-order valence-corrected chi connectivity index (χ4v) is 5.17. The number of benzene rings is 3. The quantitative estimate of drug-likeness (QED) is 0.600. The number of nitrogens with two attached hydrogens (primary N) is 1.